The second kappa shape index (κ2) is 5.19. The molecule has 2 rings (SSSR count). The fourth-order valence-corrected chi connectivity index (χ4v) is 2.54. The lowest BCUT2D eigenvalue weighted by molar-refractivity contribution is 0.280. The number of nitrogens with zero attached hydrogens (tertiary/aromatic N) is 3. The van der Waals surface area contributed by atoms with E-state index in [1.807, 2.05) is 0 Å². The molecule has 94 valence electrons. The lowest BCUT2D eigenvalue weighted by atomic mass is 9.95. The van der Waals surface area contributed by atoms with Crippen LogP contribution in [0.3, 0.4) is 0 Å². The summed E-state index contributed by atoms with van der Waals surface area (Å²) in [6.45, 7) is 5.26. The van der Waals surface area contributed by atoms with Crippen molar-refractivity contribution in [3.05, 3.63) is 17.0 Å². The van der Waals surface area contributed by atoms with E-state index in [9.17, 15) is 5.11 Å². The van der Waals surface area contributed by atoms with Crippen LogP contribution in [0, 0.1) is 5.92 Å². The SMILES string of the molecule is CC1CCC(C)N(c2ncnc(Cl)c2CO)C1. The first kappa shape index (κ1) is 12.6. The number of hydrogen-bond acceptors (Lipinski definition) is 4. The van der Waals surface area contributed by atoms with Crippen molar-refractivity contribution >= 4 is 17.4 Å². The van der Waals surface area contributed by atoms with Crippen LogP contribution in [0.4, 0.5) is 5.82 Å². The summed E-state index contributed by atoms with van der Waals surface area (Å²) in [7, 11) is 0. The molecule has 2 unspecified atom stereocenters. The molecule has 2 heterocycles. The van der Waals surface area contributed by atoms with Gasteiger partial charge in [0.1, 0.15) is 17.3 Å². The predicted molar refractivity (Wildman–Crippen MR) is 68.2 cm³/mol. The Morgan fingerprint density at radius 2 is 2.18 bits per heavy atom. The Labute approximate surface area is 107 Å². The minimum Gasteiger partial charge on any atom is -0.391 e. The summed E-state index contributed by atoms with van der Waals surface area (Å²) in [5, 5.41) is 9.74. The van der Waals surface area contributed by atoms with Crippen molar-refractivity contribution in [1.82, 2.24) is 9.97 Å². The van der Waals surface area contributed by atoms with Gasteiger partial charge in [0.15, 0.2) is 0 Å². The van der Waals surface area contributed by atoms with Gasteiger partial charge in [-0.2, -0.15) is 0 Å². The van der Waals surface area contributed by atoms with Crippen LogP contribution in [0.1, 0.15) is 32.3 Å². The second-order valence-corrected chi connectivity index (χ2v) is 5.17. The van der Waals surface area contributed by atoms with E-state index >= 15 is 0 Å². The molecule has 0 aromatic carbocycles. The van der Waals surface area contributed by atoms with Crippen LogP contribution >= 0.6 is 11.6 Å². The summed E-state index contributed by atoms with van der Waals surface area (Å²) in [5.74, 6) is 1.43. The monoisotopic (exact) mass is 255 g/mol. The normalized spacial score (nSPS) is 25.1. The van der Waals surface area contributed by atoms with E-state index in [-0.39, 0.29) is 6.61 Å². The Morgan fingerprint density at radius 1 is 1.41 bits per heavy atom. The molecule has 5 heteroatoms. The lowest BCUT2D eigenvalue weighted by Crippen LogP contribution is -2.42. The average molecular weight is 256 g/mol. The number of aliphatic hydroxyl groups is 1. The molecule has 2 atom stereocenters. The van der Waals surface area contributed by atoms with Gasteiger partial charge >= 0.3 is 0 Å². The molecule has 0 radical (unpaired) electrons. The maximum Gasteiger partial charge on any atom is 0.140 e. The van der Waals surface area contributed by atoms with E-state index in [1.54, 1.807) is 0 Å². The van der Waals surface area contributed by atoms with Crippen molar-refractivity contribution < 1.29 is 5.11 Å². The average Bonchev–Trinajstić information content (AvgIpc) is 2.32. The van der Waals surface area contributed by atoms with Gasteiger partial charge in [0.05, 0.1) is 12.2 Å². The topological polar surface area (TPSA) is 49.2 Å². The number of piperidine rings is 1. The lowest BCUT2D eigenvalue weighted by Gasteiger charge is -2.38. The van der Waals surface area contributed by atoms with Crippen molar-refractivity contribution in [2.45, 2.75) is 39.3 Å². The smallest absolute Gasteiger partial charge is 0.140 e. The molecular formula is C12H18ClN3O. The second-order valence-electron chi connectivity index (χ2n) is 4.81. The quantitative estimate of drug-likeness (QED) is 0.824. The number of aliphatic hydroxyl groups excluding tert-OH is 1. The zero-order valence-electron chi connectivity index (χ0n) is 10.2. The largest absolute Gasteiger partial charge is 0.391 e. The maximum atomic E-state index is 9.39. The fourth-order valence-electron chi connectivity index (χ4n) is 2.35. The van der Waals surface area contributed by atoms with Crippen molar-refractivity contribution in [2.75, 3.05) is 11.4 Å². The van der Waals surface area contributed by atoms with Gasteiger partial charge in [-0.3, -0.25) is 0 Å². The van der Waals surface area contributed by atoms with Gasteiger partial charge in [-0.15, -0.1) is 0 Å². The summed E-state index contributed by atoms with van der Waals surface area (Å²) in [6.07, 6.45) is 3.85. The molecule has 1 N–H and O–H groups in total. The molecule has 1 aromatic heterocycles. The standard InChI is InChI=1S/C12H18ClN3O/c1-8-3-4-9(2)16(5-8)12-10(6-17)11(13)14-7-15-12/h7-9,17H,3-6H2,1-2H3. The molecule has 0 saturated carbocycles. The Morgan fingerprint density at radius 3 is 2.88 bits per heavy atom. The number of rotatable bonds is 2. The first-order valence-corrected chi connectivity index (χ1v) is 6.38. The van der Waals surface area contributed by atoms with Gasteiger partial charge in [-0.25, -0.2) is 9.97 Å². The highest BCUT2D eigenvalue weighted by Crippen LogP contribution is 2.30. The van der Waals surface area contributed by atoms with E-state index in [0.29, 0.717) is 22.7 Å². The molecule has 1 aliphatic heterocycles. The predicted octanol–water partition coefficient (Wildman–Crippen LogP) is 2.25. The van der Waals surface area contributed by atoms with Gasteiger partial charge in [-0.1, -0.05) is 18.5 Å². The van der Waals surface area contributed by atoms with Crippen molar-refractivity contribution in [2.24, 2.45) is 5.92 Å². The first-order chi connectivity index (χ1) is 8.13. The molecule has 1 fully saturated rings. The van der Waals surface area contributed by atoms with Gasteiger partial charge < -0.3 is 10.0 Å². The molecule has 0 bridgehead atoms. The van der Waals surface area contributed by atoms with Crippen molar-refractivity contribution in [3.63, 3.8) is 0 Å². The Bertz CT molecular complexity index is 399. The Balaban J connectivity index is 2.35. The molecular weight excluding hydrogens is 238 g/mol. The highest BCUT2D eigenvalue weighted by molar-refractivity contribution is 6.30. The van der Waals surface area contributed by atoms with E-state index in [4.69, 9.17) is 11.6 Å². The Kier molecular flexibility index (Phi) is 3.84. The minimum absolute atomic E-state index is 0.118. The number of anilines is 1. The maximum absolute atomic E-state index is 9.39. The van der Waals surface area contributed by atoms with Crippen LogP contribution in [0.15, 0.2) is 6.33 Å². The summed E-state index contributed by atoms with van der Waals surface area (Å²) >= 11 is 6.00. The molecule has 1 aromatic rings. The molecule has 17 heavy (non-hydrogen) atoms. The molecule has 1 aliphatic rings. The van der Waals surface area contributed by atoms with Crippen molar-refractivity contribution in [3.8, 4) is 0 Å². The van der Waals surface area contributed by atoms with E-state index < -0.39 is 0 Å². The third-order valence-corrected chi connectivity index (χ3v) is 3.74. The highest BCUT2D eigenvalue weighted by Gasteiger charge is 2.26. The van der Waals surface area contributed by atoms with Crippen molar-refractivity contribution in [1.29, 1.82) is 0 Å². The molecule has 0 spiro atoms. The third-order valence-electron chi connectivity index (χ3n) is 3.42. The third kappa shape index (κ3) is 2.53. The number of hydrogen-bond donors (Lipinski definition) is 1. The first-order valence-electron chi connectivity index (χ1n) is 6.00. The molecule has 4 nitrogen and oxygen atoms in total. The molecule has 1 saturated heterocycles. The summed E-state index contributed by atoms with van der Waals surface area (Å²) in [6, 6.07) is 0.433. The van der Waals surface area contributed by atoms with Gasteiger partial charge in [0.2, 0.25) is 0 Å². The fraction of sp³-hybridized carbons (Fsp3) is 0.667. The summed E-state index contributed by atoms with van der Waals surface area (Å²) < 4.78 is 0. The minimum atomic E-state index is -0.118. The summed E-state index contributed by atoms with van der Waals surface area (Å²) in [4.78, 5) is 10.4. The van der Waals surface area contributed by atoms with E-state index in [2.05, 4.69) is 28.7 Å². The van der Waals surface area contributed by atoms with Gasteiger partial charge in [0.25, 0.3) is 0 Å². The van der Waals surface area contributed by atoms with Crippen LogP contribution in [0.2, 0.25) is 5.15 Å². The number of aromatic nitrogens is 2. The zero-order valence-corrected chi connectivity index (χ0v) is 11.0. The van der Waals surface area contributed by atoms with E-state index in [0.717, 1.165) is 18.8 Å². The van der Waals surface area contributed by atoms with Crippen LogP contribution in [-0.4, -0.2) is 27.7 Å². The van der Waals surface area contributed by atoms with Crippen LogP contribution in [-0.2, 0) is 6.61 Å². The van der Waals surface area contributed by atoms with Crippen LogP contribution in [0.5, 0.6) is 0 Å². The highest BCUT2D eigenvalue weighted by atomic mass is 35.5. The van der Waals surface area contributed by atoms with E-state index in [1.165, 1.54) is 12.7 Å². The molecule has 0 aliphatic carbocycles. The van der Waals surface area contributed by atoms with Gasteiger partial charge in [0, 0.05) is 12.6 Å². The summed E-state index contributed by atoms with van der Waals surface area (Å²) in [5.41, 5.74) is 0.634. The Hall–Kier alpha value is -0.870. The molecule has 0 amide bonds. The van der Waals surface area contributed by atoms with Crippen LogP contribution < -0.4 is 4.90 Å². The van der Waals surface area contributed by atoms with Crippen LogP contribution in [0.25, 0.3) is 0 Å². The number of halogens is 1. The van der Waals surface area contributed by atoms with Gasteiger partial charge in [-0.05, 0) is 25.7 Å². The zero-order chi connectivity index (χ0) is 12.4.